The standard InChI is InChI=1S/C19H21NO6/c1-11-6-5-7-14(17(11)21)19(23)26-12(2)18(22)20-15-10-13(24-3)8-9-16(15)25-4/h5-10,12,21H,1-4H3,(H,20,22). The molecule has 0 radical (unpaired) electrons. The summed E-state index contributed by atoms with van der Waals surface area (Å²) in [5, 5.41) is 12.6. The van der Waals surface area contributed by atoms with E-state index in [0.717, 1.165) is 0 Å². The molecule has 2 N–H and O–H groups in total. The van der Waals surface area contributed by atoms with Crippen molar-refractivity contribution in [2.24, 2.45) is 0 Å². The average molecular weight is 359 g/mol. The number of para-hydroxylation sites is 1. The van der Waals surface area contributed by atoms with E-state index in [4.69, 9.17) is 14.2 Å². The number of hydrogen-bond acceptors (Lipinski definition) is 6. The number of phenolic OH excluding ortho intramolecular Hbond substituents is 1. The lowest BCUT2D eigenvalue weighted by molar-refractivity contribution is -0.123. The van der Waals surface area contributed by atoms with E-state index in [9.17, 15) is 14.7 Å². The fourth-order valence-corrected chi connectivity index (χ4v) is 2.25. The maximum absolute atomic E-state index is 12.4. The number of carbonyl (C=O) groups excluding carboxylic acids is 2. The Morgan fingerprint density at radius 2 is 1.85 bits per heavy atom. The number of ether oxygens (including phenoxy) is 3. The highest BCUT2D eigenvalue weighted by molar-refractivity contribution is 5.99. The van der Waals surface area contributed by atoms with E-state index in [0.29, 0.717) is 22.7 Å². The first-order chi connectivity index (χ1) is 12.4. The number of aromatic hydroxyl groups is 1. The number of nitrogens with one attached hydrogen (secondary N) is 1. The molecule has 0 aliphatic heterocycles. The Morgan fingerprint density at radius 3 is 2.50 bits per heavy atom. The summed E-state index contributed by atoms with van der Waals surface area (Å²) in [5.74, 6) is -0.521. The predicted molar refractivity (Wildman–Crippen MR) is 95.9 cm³/mol. The van der Waals surface area contributed by atoms with Crippen LogP contribution in [0.3, 0.4) is 0 Å². The molecular formula is C19H21NO6. The molecule has 0 saturated heterocycles. The van der Waals surface area contributed by atoms with Crippen molar-refractivity contribution in [1.82, 2.24) is 0 Å². The first-order valence-electron chi connectivity index (χ1n) is 7.89. The smallest absolute Gasteiger partial charge is 0.342 e. The van der Waals surface area contributed by atoms with Gasteiger partial charge in [0, 0.05) is 6.07 Å². The molecule has 2 aromatic carbocycles. The number of methoxy groups -OCH3 is 2. The minimum atomic E-state index is -1.08. The summed E-state index contributed by atoms with van der Waals surface area (Å²) in [4.78, 5) is 24.6. The Bertz CT molecular complexity index is 818. The number of hydrogen-bond donors (Lipinski definition) is 2. The highest BCUT2D eigenvalue weighted by Gasteiger charge is 2.22. The highest BCUT2D eigenvalue weighted by atomic mass is 16.5. The van der Waals surface area contributed by atoms with Crippen LogP contribution in [0.4, 0.5) is 5.69 Å². The van der Waals surface area contributed by atoms with Crippen LogP contribution in [0.1, 0.15) is 22.8 Å². The third-order valence-corrected chi connectivity index (χ3v) is 3.78. The fraction of sp³-hybridized carbons (Fsp3) is 0.263. The van der Waals surface area contributed by atoms with Gasteiger partial charge in [-0.2, -0.15) is 0 Å². The minimum Gasteiger partial charge on any atom is -0.507 e. The zero-order valence-electron chi connectivity index (χ0n) is 15.0. The van der Waals surface area contributed by atoms with Crippen molar-refractivity contribution in [2.75, 3.05) is 19.5 Å². The molecule has 1 unspecified atom stereocenters. The maximum atomic E-state index is 12.4. The maximum Gasteiger partial charge on any atom is 0.342 e. The highest BCUT2D eigenvalue weighted by Crippen LogP contribution is 2.29. The molecule has 0 heterocycles. The summed E-state index contributed by atoms with van der Waals surface area (Å²) in [6, 6.07) is 9.65. The zero-order chi connectivity index (χ0) is 19.3. The Morgan fingerprint density at radius 1 is 1.12 bits per heavy atom. The molecule has 0 fully saturated rings. The van der Waals surface area contributed by atoms with E-state index in [1.165, 1.54) is 27.2 Å². The number of phenols is 1. The molecule has 7 heteroatoms. The van der Waals surface area contributed by atoms with Gasteiger partial charge < -0.3 is 24.6 Å². The van der Waals surface area contributed by atoms with Crippen LogP contribution in [0.25, 0.3) is 0 Å². The molecule has 1 amide bonds. The second-order valence-corrected chi connectivity index (χ2v) is 5.57. The van der Waals surface area contributed by atoms with E-state index in [-0.39, 0.29) is 11.3 Å². The molecule has 2 aromatic rings. The molecule has 1 atom stereocenters. The van der Waals surface area contributed by atoms with Crippen molar-refractivity contribution >= 4 is 17.6 Å². The van der Waals surface area contributed by atoms with Gasteiger partial charge in [-0.15, -0.1) is 0 Å². The van der Waals surface area contributed by atoms with E-state index < -0.39 is 18.0 Å². The van der Waals surface area contributed by atoms with Crippen LogP contribution in [-0.2, 0) is 9.53 Å². The minimum absolute atomic E-state index is 0.00334. The van der Waals surface area contributed by atoms with Gasteiger partial charge in [0.2, 0.25) is 0 Å². The summed E-state index contributed by atoms with van der Waals surface area (Å²) in [5.41, 5.74) is 0.930. The lowest BCUT2D eigenvalue weighted by atomic mass is 10.1. The van der Waals surface area contributed by atoms with Crippen molar-refractivity contribution in [3.05, 3.63) is 47.5 Å². The zero-order valence-corrected chi connectivity index (χ0v) is 15.0. The number of aryl methyl sites for hydroxylation is 1. The number of esters is 1. The molecule has 0 saturated carbocycles. The van der Waals surface area contributed by atoms with Gasteiger partial charge >= 0.3 is 5.97 Å². The number of amides is 1. The number of carbonyl (C=O) groups is 2. The second kappa shape index (κ2) is 8.24. The Balaban J connectivity index is 2.10. The van der Waals surface area contributed by atoms with Crippen LogP contribution < -0.4 is 14.8 Å². The van der Waals surface area contributed by atoms with Gasteiger partial charge in [-0.1, -0.05) is 12.1 Å². The quantitative estimate of drug-likeness (QED) is 0.770. The Kier molecular flexibility index (Phi) is 6.06. The van der Waals surface area contributed by atoms with Crippen molar-refractivity contribution in [3.8, 4) is 17.2 Å². The third kappa shape index (κ3) is 4.24. The Hall–Kier alpha value is -3.22. The molecule has 7 nitrogen and oxygen atoms in total. The van der Waals surface area contributed by atoms with Gasteiger partial charge in [-0.25, -0.2) is 4.79 Å². The number of benzene rings is 2. The second-order valence-electron chi connectivity index (χ2n) is 5.57. The van der Waals surface area contributed by atoms with Crippen molar-refractivity contribution in [2.45, 2.75) is 20.0 Å². The monoisotopic (exact) mass is 359 g/mol. The molecule has 0 spiro atoms. The van der Waals surface area contributed by atoms with Crippen LogP contribution >= 0.6 is 0 Å². The van der Waals surface area contributed by atoms with E-state index in [1.807, 2.05) is 0 Å². The summed E-state index contributed by atoms with van der Waals surface area (Å²) < 4.78 is 15.5. The lowest BCUT2D eigenvalue weighted by Crippen LogP contribution is -2.30. The molecule has 26 heavy (non-hydrogen) atoms. The lowest BCUT2D eigenvalue weighted by Gasteiger charge is -2.16. The Labute approximate surface area is 151 Å². The molecule has 0 aromatic heterocycles. The van der Waals surface area contributed by atoms with Gasteiger partial charge in [-0.3, -0.25) is 4.79 Å². The summed E-state index contributed by atoms with van der Waals surface area (Å²) in [6.07, 6.45) is -1.08. The van der Waals surface area contributed by atoms with Gasteiger partial charge in [0.1, 0.15) is 22.8 Å². The van der Waals surface area contributed by atoms with E-state index in [2.05, 4.69) is 5.32 Å². The normalized spacial score (nSPS) is 11.4. The van der Waals surface area contributed by atoms with Crippen LogP contribution in [0.2, 0.25) is 0 Å². The van der Waals surface area contributed by atoms with Gasteiger partial charge in [0.05, 0.1) is 19.9 Å². The topological polar surface area (TPSA) is 94.1 Å². The van der Waals surface area contributed by atoms with Gasteiger partial charge in [0.15, 0.2) is 6.10 Å². The van der Waals surface area contributed by atoms with Crippen molar-refractivity contribution < 1.29 is 28.9 Å². The summed E-state index contributed by atoms with van der Waals surface area (Å²) >= 11 is 0. The first kappa shape index (κ1) is 19.1. The van der Waals surface area contributed by atoms with Crippen LogP contribution in [0.15, 0.2) is 36.4 Å². The van der Waals surface area contributed by atoms with E-state index in [1.54, 1.807) is 37.3 Å². The summed E-state index contributed by atoms with van der Waals surface area (Å²) in [7, 11) is 2.98. The van der Waals surface area contributed by atoms with E-state index >= 15 is 0 Å². The molecule has 0 aliphatic carbocycles. The third-order valence-electron chi connectivity index (χ3n) is 3.78. The van der Waals surface area contributed by atoms with Crippen molar-refractivity contribution in [3.63, 3.8) is 0 Å². The predicted octanol–water partition coefficient (Wildman–Crippen LogP) is 2.90. The van der Waals surface area contributed by atoms with Gasteiger partial charge in [-0.05, 0) is 37.6 Å². The average Bonchev–Trinajstić information content (AvgIpc) is 2.63. The van der Waals surface area contributed by atoms with Crippen LogP contribution in [0, 0.1) is 6.92 Å². The molecule has 0 aliphatic rings. The molecule has 2 rings (SSSR count). The molecular weight excluding hydrogens is 338 g/mol. The van der Waals surface area contributed by atoms with Crippen LogP contribution in [-0.4, -0.2) is 37.3 Å². The molecule has 0 bridgehead atoms. The number of rotatable bonds is 6. The number of anilines is 1. The largest absolute Gasteiger partial charge is 0.507 e. The van der Waals surface area contributed by atoms with Gasteiger partial charge in [0.25, 0.3) is 5.91 Å². The summed E-state index contributed by atoms with van der Waals surface area (Å²) in [6.45, 7) is 3.10. The van der Waals surface area contributed by atoms with Crippen molar-refractivity contribution in [1.29, 1.82) is 0 Å². The molecule has 138 valence electrons. The first-order valence-corrected chi connectivity index (χ1v) is 7.89. The van der Waals surface area contributed by atoms with Crippen LogP contribution in [0.5, 0.6) is 17.2 Å². The SMILES string of the molecule is COc1ccc(OC)c(NC(=O)C(C)OC(=O)c2cccc(C)c2O)c1. The fourth-order valence-electron chi connectivity index (χ4n) is 2.25.